The van der Waals surface area contributed by atoms with Gasteiger partial charge in [0.25, 0.3) is 11.8 Å². The molecule has 194 valence electrons. The molecule has 0 aliphatic heterocycles. The van der Waals surface area contributed by atoms with Crippen LogP contribution in [0.2, 0.25) is 0 Å². The van der Waals surface area contributed by atoms with Crippen LogP contribution in [0.1, 0.15) is 36.7 Å². The number of nitrogens with one attached hydrogen (secondary N) is 2. The molecule has 0 aliphatic rings. The minimum Gasteiger partial charge on any atom is -0.494 e. The van der Waals surface area contributed by atoms with Gasteiger partial charge in [0, 0.05) is 11.3 Å². The van der Waals surface area contributed by atoms with Gasteiger partial charge in [0.1, 0.15) is 11.8 Å². The Balaban J connectivity index is 1.72. The summed E-state index contributed by atoms with van der Waals surface area (Å²) in [5, 5.41) is 6.99. The summed E-state index contributed by atoms with van der Waals surface area (Å²) in [6, 6.07) is 21.3. The number of amides is 2. The molecule has 2 N–H and O–H groups in total. The highest BCUT2D eigenvalue weighted by Gasteiger charge is 2.29. The Hall–Kier alpha value is -4.18. The van der Waals surface area contributed by atoms with Gasteiger partial charge in [0.2, 0.25) is 10.0 Å². The van der Waals surface area contributed by atoms with Crippen molar-refractivity contribution in [2.45, 2.75) is 26.8 Å². The number of carbonyl (C=O) groups excluding carboxylic acids is 2. The predicted octanol–water partition coefficient (Wildman–Crippen LogP) is 4.03. The molecular formula is C27H30N4O5S. The molecule has 0 aromatic heterocycles. The normalized spacial score (nSPS) is 12.4. The number of carbonyl (C=O) groups is 2. The lowest BCUT2D eigenvalue weighted by atomic mass is 10.1. The van der Waals surface area contributed by atoms with Crippen molar-refractivity contribution in [3.05, 3.63) is 90.0 Å². The summed E-state index contributed by atoms with van der Waals surface area (Å²) >= 11 is 0. The Morgan fingerprint density at radius 3 is 2.24 bits per heavy atom. The second-order valence-corrected chi connectivity index (χ2v) is 10.1. The van der Waals surface area contributed by atoms with Crippen LogP contribution in [0.15, 0.2) is 84.0 Å². The van der Waals surface area contributed by atoms with Gasteiger partial charge in [-0.2, -0.15) is 5.10 Å². The van der Waals surface area contributed by atoms with E-state index in [1.807, 2.05) is 13.0 Å². The van der Waals surface area contributed by atoms with Crippen LogP contribution in [0.3, 0.4) is 0 Å². The van der Waals surface area contributed by atoms with E-state index in [1.165, 1.54) is 6.92 Å². The molecule has 0 saturated carbocycles. The van der Waals surface area contributed by atoms with E-state index in [-0.39, 0.29) is 5.91 Å². The van der Waals surface area contributed by atoms with Crippen molar-refractivity contribution >= 4 is 38.9 Å². The van der Waals surface area contributed by atoms with Gasteiger partial charge in [-0.15, -0.1) is 0 Å². The zero-order valence-corrected chi connectivity index (χ0v) is 22.0. The topological polar surface area (TPSA) is 117 Å². The number of hydrazone groups is 1. The van der Waals surface area contributed by atoms with Crippen molar-refractivity contribution in [1.29, 1.82) is 0 Å². The molecule has 0 saturated heterocycles. The van der Waals surface area contributed by atoms with Crippen molar-refractivity contribution in [1.82, 2.24) is 5.43 Å². The fourth-order valence-electron chi connectivity index (χ4n) is 3.58. The molecular weight excluding hydrogens is 492 g/mol. The zero-order chi connectivity index (χ0) is 27.0. The third kappa shape index (κ3) is 7.40. The molecule has 0 radical (unpaired) electrons. The standard InChI is InChI=1S/C27H30N4O5S/c1-5-36-25-16-14-24(15-17-25)31(37(4,34)35)20(3)26(32)30-29-19(2)22-12-9-13-23(18-22)28-27(33)21-10-7-6-8-11-21/h6-18,20H,5H2,1-4H3,(H,28,33)(H,30,32)/t20-/m1/s1. The molecule has 3 rings (SSSR count). The lowest BCUT2D eigenvalue weighted by Gasteiger charge is -2.27. The Kier molecular flexibility index (Phi) is 9.02. The summed E-state index contributed by atoms with van der Waals surface area (Å²) in [5.41, 5.74) is 5.03. The minimum absolute atomic E-state index is 0.246. The first-order chi connectivity index (χ1) is 17.6. The molecule has 37 heavy (non-hydrogen) atoms. The van der Waals surface area contributed by atoms with E-state index in [1.54, 1.807) is 79.7 Å². The van der Waals surface area contributed by atoms with Gasteiger partial charge in [-0.25, -0.2) is 13.8 Å². The predicted molar refractivity (Wildman–Crippen MR) is 146 cm³/mol. The molecule has 0 bridgehead atoms. The second kappa shape index (κ2) is 12.2. The van der Waals surface area contributed by atoms with Crippen LogP contribution < -0.4 is 19.8 Å². The zero-order valence-electron chi connectivity index (χ0n) is 21.1. The van der Waals surface area contributed by atoms with Gasteiger partial charge < -0.3 is 10.1 Å². The first-order valence-corrected chi connectivity index (χ1v) is 13.5. The molecule has 1 atom stereocenters. The van der Waals surface area contributed by atoms with E-state index < -0.39 is 22.0 Å². The summed E-state index contributed by atoms with van der Waals surface area (Å²) in [5.74, 6) is -0.254. The van der Waals surface area contributed by atoms with Gasteiger partial charge >= 0.3 is 0 Å². The number of benzene rings is 3. The van der Waals surface area contributed by atoms with Crippen molar-refractivity contribution in [3.63, 3.8) is 0 Å². The number of ether oxygens (including phenoxy) is 1. The highest BCUT2D eigenvalue weighted by atomic mass is 32.2. The first-order valence-electron chi connectivity index (χ1n) is 11.6. The van der Waals surface area contributed by atoms with Gasteiger partial charge in [-0.3, -0.25) is 13.9 Å². The van der Waals surface area contributed by atoms with Gasteiger partial charge in [0.05, 0.1) is 24.3 Å². The van der Waals surface area contributed by atoms with Crippen LogP contribution >= 0.6 is 0 Å². The molecule has 9 nitrogen and oxygen atoms in total. The van der Waals surface area contributed by atoms with Crippen LogP contribution in [-0.2, 0) is 14.8 Å². The third-order valence-corrected chi connectivity index (χ3v) is 6.64. The molecule has 3 aromatic rings. The molecule has 0 aliphatic carbocycles. The van der Waals surface area contributed by atoms with E-state index in [4.69, 9.17) is 4.74 Å². The van der Waals surface area contributed by atoms with Gasteiger partial charge in [-0.05, 0) is 74.9 Å². The maximum atomic E-state index is 12.9. The molecule has 0 unspecified atom stereocenters. The number of hydrogen-bond donors (Lipinski definition) is 2. The lowest BCUT2D eigenvalue weighted by molar-refractivity contribution is -0.121. The second-order valence-electron chi connectivity index (χ2n) is 8.24. The summed E-state index contributed by atoms with van der Waals surface area (Å²) in [7, 11) is -3.78. The SMILES string of the molecule is CCOc1ccc(N([C@H](C)C(=O)NN=C(C)c2cccc(NC(=O)c3ccccc3)c2)S(C)(=O)=O)cc1. The largest absolute Gasteiger partial charge is 0.494 e. The van der Waals surface area contributed by atoms with Crippen molar-refractivity contribution in [3.8, 4) is 5.75 Å². The van der Waals surface area contributed by atoms with Crippen LogP contribution in [0.4, 0.5) is 11.4 Å². The maximum absolute atomic E-state index is 12.9. The Labute approximate surface area is 217 Å². The van der Waals surface area contributed by atoms with Gasteiger partial charge in [0.15, 0.2) is 0 Å². The van der Waals surface area contributed by atoms with Crippen LogP contribution in [0.25, 0.3) is 0 Å². The molecule has 0 heterocycles. The van der Waals surface area contributed by atoms with E-state index in [2.05, 4.69) is 15.8 Å². The fraction of sp³-hybridized carbons (Fsp3) is 0.222. The molecule has 0 fully saturated rings. The third-order valence-electron chi connectivity index (χ3n) is 5.40. The number of anilines is 2. The highest BCUT2D eigenvalue weighted by molar-refractivity contribution is 7.92. The monoisotopic (exact) mass is 522 g/mol. The Morgan fingerprint density at radius 2 is 1.62 bits per heavy atom. The number of sulfonamides is 1. The van der Waals surface area contributed by atoms with Crippen molar-refractivity contribution in [2.75, 3.05) is 22.5 Å². The smallest absolute Gasteiger partial charge is 0.263 e. The summed E-state index contributed by atoms with van der Waals surface area (Å²) in [6.45, 7) is 5.51. The number of hydrogen-bond acceptors (Lipinski definition) is 6. The molecule has 3 aromatic carbocycles. The average Bonchev–Trinajstić information content (AvgIpc) is 2.88. The van der Waals surface area contributed by atoms with E-state index in [0.717, 1.165) is 10.6 Å². The molecule has 10 heteroatoms. The quantitative estimate of drug-likeness (QED) is 0.308. The summed E-state index contributed by atoms with van der Waals surface area (Å²) in [6.07, 6.45) is 1.04. The van der Waals surface area contributed by atoms with E-state index >= 15 is 0 Å². The van der Waals surface area contributed by atoms with Crippen LogP contribution in [0, 0.1) is 0 Å². The molecule has 2 amide bonds. The number of nitrogens with zero attached hydrogens (tertiary/aromatic N) is 2. The van der Waals surface area contributed by atoms with Gasteiger partial charge in [-0.1, -0.05) is 30.3 Å². The van der Waals surface area contributed by atoms with E-state index in [0.29, 0.717) is 40.6 Å². The molecule has 0 spiro atoms. The summed E-state index contributed by atoms with van der Waals surface area (Å²) < 4.78 is 31.5. The minimum atomic E-state index is -3.78. The van der Waals surface area contributed by atoms with Crippen LogP contribution in [-0.4, -0.2) is 44.8 Å². The van der Waals surface area contributed by atoms with Crippen LogP contribution in [0.5, 0.6) is 5.75 Å². The highest BCUT2D eigenvalue weighted by Crippen LogP contribution is 2.24. The Bertz CT molecular complexity index is 1370. The number of rotatable bonds is 10. The van der Waals surface area contributed by atoms with Crippen molar-refractivity contribution in [2.24, 2.45) is 5.10 Å². The maximum Gasteiger partial charge on any atom is 0.263 e. The van der Waals surface area contributed by atoms with Crippen molar-refractivity contribution < 1.29 is 22.7 Å². The summed E-state index contributed by atoms with van der Waals surface area (Å²) in [4.78, 5) is 25.3. The average molecular weight is 523 g/mol. The Morgan fingerprint density at radius 1 is 0.973 bits per heavy atom. The lowest BCUT2D eigenvalue weighted by Crippen LogP contribution is -2.46. The fourth-order valence-corrected chi connectivity index (χ4v) is 4.75. The first kappa shape index (κ1) is 27.4. The van der Waals surface area contributed by atoms with E-state index in [9.17, 15) is 18.0 Å².